The van der Waals surface area contributed by atoms with Crippen molar-refractivity contribution in [3.63, 3.8) is 0 Å². The lowest BCUT2D eigenvalue weighted by Crippen LogP contribution is -2.42. The van der Waals surface area contributed by atoms with Crippen LogP contribution in [0.4, 0.5) is 0 Å². The van der Waals surface area contributed by atoms with E-state index in [0.29, 0.717) is 19.4 Å². The first-order valence-electron chi connectivity index (χ1n) is 6.00. The number of aliphatic carboxylic acids is 1. The van der Waals surface area contributed by atoms with E-state index in [4.69, 9.17) is 28.3 Å². The first-order chi connectivity index (χ1) is 9.30. The molecule has 1 heterocycles. The Morgan fingerprint density at radius 1 is 1.25 bits per heavy atom. The van der Waals surface area contributed by atoms with E-state index in [9.17, 15) is 13.2 Å². The van der Waals surface area contributed by atoms with Crippen molar-refractivity contribution in [2.75, 3.05) is 13.1 Å². The van der Waals surface area contributed by atoms with E-state index in [-0.39, 0.29) is 21.5 Å². The lowest BCUT2D eigenvalue weighted by Gasteiger charge is -2.29. The number of carbonyl (C=O) groups is 1. The van der Waals surface area contributed by atoms with Crippen LogP contribution in [0.25, 0.3) is 0 Å². The molecular formula is C12H13Cl2NO4S. The predicted octanol–water partition coefficient (Wildman–Crippen LogP) is 2.48. The molecular weight excluding hydrogens is 325 g/mol. The van der Waals surface area contributed by atoms with Crippen molar-refractivity contribution < 1.29 is 18.3 Å². The Balaban J connectivity index is 2.32. The highest BCUT2D eigenvalue weighted by Gasteiger charge is 2.33. The minimum atomic E-state index is -3.77. The molecule has 0 amide bonds. The molecule has 1 aliphatic rings. The Bertz CT molecular complexity index is 612. The molecule has 0 saturated carbocycles. The first-order valence-corrected chi connectivity index (χ1v) is 8.19. The van der Waals surface area contributed by atoms with Crippen molar-refractivity contribution >= 4 is 39.2 Å². The summed E-state index contributed by atoms with van der Waals surface area (Å²) in [5.41, 5.74) is 0. The Morgan fingerprint density at radius 2 is 1.85 bits per heavy atom. The second-order valence-corrected chi connectivity index (χ2v) is 7.46. The van der Waals surface area contributed by atoms with Gasteiger partial charge < -0.3 is 5.11 Å². The summed E-state index contributed by atoms with van der Waals surface area (Å²) in [7, 11) is -3.77. The summed E-state index contributed by atoms with van der Waals surface area (Å²) in [6.07, 6.45) is 1.00. The molecule has 0 bridgehead atoms. The number of carboxylic acid groups (broad SMARTS) is 1. The van der Waals surface area contributed by atoms with Gasteiger partial charge in [0.25, 0.3) is 0 Å². The third-order valence-corrected chi connectivity index (χ3v) is 5.49. The second-order valence-electron chi connectivity index (χ2n) is 4.65. The van der Waals surface area contributed by atoms with E-state index < -0.39 is 21.9 Å². The molecule has 0 aromatic heterocycles. The van der Waals surface area contributed by atoms with E-state index in [1.807, 2.05) is 0 Å². The van der Waals surface area contributed by atoms with Gasteiger partial charge in [0.2, 0.25) is 10.0 Å². The highest BCUT2D eigenvalue weighted by atomic mass is 35.5. The second kappa shape index (κ2) is 5.89. The molecule has 2 rings (SSSR count). The molecule has 1 N–H and O–H groups in total. The summed E-state index contributed by atoms with van der Waals surface area (Å²) in [5.74, 6) is -1.65. The third-order valence-electron chi connectivity index (χ3n) is 3.21. The average molecular weight is 338 g/mol. The topological polar surface area (TPSA) is 74.7 Å². The van der Waals surface area contributed by atoms with Gasteiger partial charge in [-0.25, -0.2) is 8.42 Å². The zero-order chi connectivity index (χ0) is 14.9. The monoisotopic (exact) mass is 337 g/mol. The Hall–Kier alpha value is -0.820. The molecule has 1 saturated heterocycles. The SMILES string of the molecule is O=C(O)[C@H]1CCCN(S(=O)(=O)c2cc(Cl)cc(Cl)c2)C1. The molecule has 0 radical (unpaired) electrons. The van der Waals surface area contributed by atoms with Gasteiger partial charge in [0.15, 0.2) is 0 Å². The molecule has 8 heteroatoms. The fourth-order valence-electron chi connectivity index (χ4n) is 2.19. The van der Waals surface area contributed by atoms with Crippen molar-refractivity contribution in [2.45, 2.75) is 17.7 Å². The van der Waals surface area contributed by atoms with Crippen LogP contribution in [0.2, 0.25) is 10.0 Å². The summed E-state index contributed by atoms with van der Waals surface area (Å²) in [5, 5.41) is 9.47. The number of nitrogens with zero attached hydrogens (tertiary/aromatic N) is 1. The van der Waals surface area contributed by atoms with Gasteiger partial charge >= 0.3 is 5.97 Å². The fourth-order valence-corrected chi connectivity index (χ4v) is 4.44. The van der Waals surface area contributed by atoms with Crippen molar-refractivity contribution in [2.24, 2.45) is 5.92 Å². The zero-order valence-electron chi connectivity index (χ0n) is 10.4. The number of hydrogen-bond donors (Lipinski definition) is 1. The quantitative estimate of drug-likeness (QED) is 0.919. The summed E-state index contributed by atoms with van der Waals surface area (Å²) in [6.45, 7) is 0.276. The predicted molar refractivity (Wildman–Crippen MR) is 75.6 cm³/mol. The van der Waals surface area contributed by atoms with Gasteiger partial charge in [0.1, 0.15) is 0 Å². The molecule has 1 aromatic carbocycles. The van der Waals surface area contributed by atoms with Gasteiger partial charge in [-0.2, -0.15) is 4.31 Å². The highest BCUT2D eigenvalue weighted by molar-refractivity contribution is 7.89. The van der Waals surface area contributed by atoms with Gasteiger partial charge in [-0.3, -0.25) is 4.79 Å². The molecule has 5 nitrogen and oxygen atoms in total. The first kappa shape index (κ1) is 15.6. The number of piperidine rings is 1. The van der Waals surface area contributed by atoms with Crippen LogP contribution in [0.15, 0.2) is 23.1 Å². The van der Waals surface area contributed by atoms with E-state index in [0.717, 1.165) is 0 Å². The van der Waals surface area contributed by atoms with Crippen molar-refractivity contribution in [1.82, 2.24) is 4.31 Å². The molecule has 1 aliphatic heterocycles. The van der Waals surface area contributed by atoms with Gasteiger partial charge in [0, 0.05) is 23.1 Å². The van der Waals surface area contributed by atoms with Crippen LogP contribution in [-0.4, -0.2) is 36.9 Å². The number of carboxylic acids is 1. The summed E-state index contributed by atoms with van der Waals surface area (Å²) < 4.78 is 26.1. The molecule has 1 fully saturated rings. The lowest BCUT2D eigenvalue weighted by molar-refractivity contribution is -0.142. The maximum Gasteiger partial charge on any atom is 0.307 e. The van der Waals surface area contributed by atoms with E-state index in [1.165, 1.54) is 22.5 Å². The third kappa shape index (κ3) is 3.25. The van der Waals surface area contributed by atoms with Crippen molar-refractivity contribution in [3.8, 4) is 0 Å². The van der Waals surface area contributed by atoms with Crippen LogP contribution < -0.4 is 0 Å². The molecule has 0 unspecified atom stereocenters. The molecule has 0 aliphatic carbocycles. The highest BCUT2D eigenvalue weighted by Crippen LogP contribution is 2.27. The summed E-state index contributed by atoms with van der Waals surface area (Å²) in [4.78, 5) is 11.0. The van der Waals surface area contributed by atoms with Gasteiger partial charge in [-0.15, -0.1) is 0 Å². The lowest BCUT2D eigenvalue weighted by atomic mass is 10.0. The largest absolute Gasteiger partial charge is 0.481 e. The van der Waals surface area contributed by atoms with Crippen LogP contribution >= 0.6 is 23.2 Å². The Kier molecular flexibility index (Phi) is 4.59. The van der Waals surface area contributed by atoms with Crippen LogP contribution in [0.1, 0.15) is 12.8 Å². The zero-order valence-corrected chi connectivity index (χ0v) is 12.7. The van der Waals surface area contributed by atoms with E-state index >= 15 is 0 Å². The van der Waals surface area contributed by atoms with Crippen molar-refractivity contribution in [3.05, 3.63) is 28.2 Å². The maximum absolute atomic E-state index is 12.5. The van der Waals surface area contributed by atoms with Crippen LogP contribution in [0.5, 0.6) is 0 Å². The molecule has 0 spiro atoms. The minimum Gasteiger partial charge on any atom is -0.481 e. The van der Waals surface area contributed by atoms with Crippen molar-refractivity contribution in [1.29, 1.82) is 0 Å². The number of rotatable bonds is 3. The molecule has 110 valence electrons. The molecule has 1 aromatic rings. The van der Waals surface area contributed by atoms with Gasteiger partial charge in [-0.05, 0) is 31.0 Å². The van der Waals surface area contributed by atoms with E-state index in [2.05, 4.69) is 0 Å². The summed E-state index contributed by atoms with van der Waals surface area (Å²) in [6, 6.07) is 4.07. The normalized spacial score (nSPS) is 20.8. The fraction of sp³-hybridized carbons (Fsp3) is 0.417. The number of hydrogen-bond acceptors (Lipinski definition) is 3. The molecule has 20 heavy (non-hydrogen) atoms. The number of halogens is 2. The standard InChI is InChI=1S/C12H13Cl2NO4S/c13-9-4-10(14)6-11(5-9)20(18,19)15-3-1-2-8(7-15)12(16)17/h4-6,8H,1-3,7H2,(H,16,17)/t8-/m0/s1. The van der Waals surface area contributed by atoms with Crippen LogP contribution in [-0.2, 0) is 14.8 Å². The Labute approximate surface area is 127 Å². The maximum atomic E-state index is 12.5. The van der Waals surface area contributed by atoms with Gasteiger partial charge in [-0.1, -0.05) is 23.2 Å². The minimum absolute atomic E-state index is 0.0129. The van der Waals surface area contributed by atoms with Crippen LogP contribution in [0, 0.1) is 5.92 Å². The average Bonchev–Trinajstić information content (AvgIpc) is 2.37. The molecule has 1 atom stereocenters. The summed E-state index contributed by atoms with van der Waals surface area (Å²) >= 11 is 11.6. The number of sulfonamides is 1. The Morgan fingerprint density at radius 3 is 2.40 bits per heavy atom. The van der Waals surface area contributed by atoms with Gasteiger partial charge in [0.05, 0.1) is 10.8 Å². The van der Waals surface area contributed by atoms with Crippen LogP contribution in [0.3, 0.4) is 0 Å². The number of benzene rings is 1. The van der Waals surface area contributed by atoms with E-state index in [1.54, 1.807) is 0 Å². The smallest absolute Gasteiger partial charge is 0.307 e.